The molecule has 0 amide bonds. The second kappa shape index (κ2) is 9.42. The van der Waals surface area contributed by atoms with Crippen molar-refractivity contribution in [1.29, 1.82) is 5.26 Å². The summed E-state index contributed by atoms with van der Waals surface area (Å²) in [5.41, 5.74) is -1.83. The van der Waals surface area contributed by atoms with Gasteiger partial charge in [0, 0.05) is 44.7 Å². The molecule has 2 aromatic heterocycles. The number of rotatable bonds is 6. The molecular weight excluding hydrogens is 453 g/mol. The van der Waals surface area contributed by atoms with Crippen LogP contribution in [-0.2, 0) is 17.5 Å². The van der Waals surface area contributed by atoms with Crippen molar-refractivity contribution in [2.24, 2.45) is 0 Å². The topological polar surface area (TPSA) is 115 Å². The van der Waals surface area contributed by atoms with Gasteiger partial charge < -0.3 is 14.6 Å². The van der Waals surface area contributed by atoms with E-state index in [0.717, 1.165) is 18.9 Å². The zero-order valence-electron chi connectivity index (χ0n) is 18.5. The molecule has 1 aliphatic heterocycles. The van der Waals surface area contributed by atoms with Gasteiger partial charge in [-0.2, -0.15) is 18.4 Å². The second-order valence-electron chi connectivity index (χ2n) is 8.25. The summed E-state index contributed by atoms with van der Waals surface area (Å²) in [5, 5.41) is 9.53. The maximum Gasteiger partial charge on any atom is 0.434 e. The Morgan fingerprint density at radius 3 is 2.53 bits per heavy atom. The predicted octanol–water partition coefficient (Wildman–Crippen LogP) is 2.43. The number of carbonyl (C=O) groups is 1. The lowest BCUT2D eigenvalue weighted by molar-refractivity contribution is -0.141. The zero-order valence-corrected chi connectivity index (χ0v) is 18.5. The molecule has 1 N–H and O–H groups in total. The maximum atomic E-state index is 13.6. The lowest BCUT2D eigenvalue weighted by Gasteiger charge is -2.35. The van der Waals surface area contributed by atoms with Gasteiger partial charge in [0.05, 0.1) is 23.4 Å². The van der Waals surface area contributed by atoms with Crippen molar-refractivity contribution in [1.82, 2.24) is 19.9 Å². The summed E-state index contributed by atoms with van der Waals surface area (Å²) in [5.74, 6) is -0.287. The lowest BCUT2D eigenvalue weighted by atomic mass is 10.1. The minimum Gasteiger partial charge on any atom is -0.462 e. The Balaban J connectivity index is 1.52. The number of H-pyrrole nitrogens is 1. The van der Waals surface area contributed by atoms with Gasteiger partial charge in [-0.1, -0.05) is 0 Å². The number of piperazine rings is 1. The summed E-state index contributed by atoms with van der Waals surface area (Å²) in [4.78, 5) is 38.6. The Hall–Kier alpha value is -3.46. The number of halogens is 3. The first-order chi connectivity index (χ1) is 16.2. The van der Waals surface area contributed by atoms with Crippen LogP contribution < -0.4 is 10.5 Å². The SMILES string of the molecule is CCOC(=O)c1cc(C#N)c(N2CCN(Cc3cc(=O)[nH]c(C4CC4)n3)CC2)nc1C(F)(F)F. The number of pyridine rings is 1. The molecule has 2 aromatic rings. The number of nitrogens with zero attached hydrogens (tertiary/aromatic N) is 5. The van der Waals surface area contributed by atoms with Crippen LogP contribution in [0.4, 0.5) is 19.0 Å². The van der Waals surface area contributed by atoms with E-state index in [4.69, 9.17) is 4.74 Å². The molecule has 9 nitrogen and oxygen atoms in total. The number of aromatic nitrogens is 3. The average molecular weight is 476 g/mol. The molecule has 0 radical (unpaired) electrons. The third-order valence-electron chi connectivity index (χ3n) is 5.72. The quantitative estimate of drug-likeness (QED) is 0.633. The lowest BCUT2D eigenvalue weighted by Crippen LogP contribution is -2.47. The van der Waals surface area contributed by atoms with Crippen LogP contribution in [0.2, 0.25) is 0 Å². The molecule has 1 aliphatic carbocycles. The van der Waals surface area contributed by atoms with E-state index in [0.29, 0.717) is 50.2 Å². The van der Waals surface area contributed by atoms with Crippen molar-refractivity contribution in [3.63, 3.8) is 0 Å². The van der Waals surface area contributed by atoms with Crippen molar-refractivity contribution in [3.05, 3.63) is 50.8 Å². The highest BCUT2D eigenvalue weighted by molar-refractivity contribution is 5.92. The molecular formula is C22H23F3N6O3. The average Bonchev–Trinajstić information content (AvgIpc) is 3.63. The summed E-state index contributed by atoms with van der Waals surface area (Å²) in [6.07, 6.45) is -2.87. The number of nitriles is 1. The molecule has 0 unspecified atom stereocenters. The minimum absolute atomic E-state index is 0.105. The Kier molecular flexibility index (Phi) is 6.56. The predicted molar refractivity (Wildman–Crippen MR) is 114 cm³/mol. The molecule has 34 heavy (non-hydrogen) atoms. The van der Waals surface area contributed by atoms with E-state index in [9.17, 15) is 28.0 Å². The van der Waals surface area contributed by atoms with Crippen LogP contribution in [0.5, 0.6) is 0 Å². The van der Waals surface area contributed by atoms with Crippen LogP contribution in [-0.4, -0.2) is 58.6 Å². The number of hydrogen-bond donors (Lipinski definition) is 1. The van der Waals surface area contributed by atoms with Crippen molar-refractivity contribution in [2.45, 2.75) is 38.4 Å². The van der Waals surface area contributed by atoms with Gasteiger partial charge in [-0.15, -0.1) is 0 Å². The molecule has 0 bridgehead atoms. The van der Waals surface area contributed by atoms with E-state index in [1.165, 1.54) is 13.0 Å². The number of nitrogens with one attached hydrogen (secondary N) is 1. The van der Waals surface area contributed by atoms with E-state index < -0.39 is 23.4 Å². The normalized spacial score (nSPS) is 16.9. The van der Waals surface area contributed by atoms with Crippen molar-refractivity contribution in [2.75, 3.05) is 37.7 Å². The fourth-order valence-corrected chi connectivity index (χ4v) is 3.91. The number of ether oxygens (including phenoxy) is 1. The fourth-order valence-electron chi connectivity index (χ4n) is 3.91. The fraction of sp³-hybridized carbons (Fsp3) is 0.500. The molecule has 1 saturated heterocycles. The third-order valence-corrected chi connectivity index (χ3v) is 5.72. The van der Waals surface area contributed by atoms with Crippen molar-refractivity contribution in [3.8, 4) is 6.07 Å². The number of anilines is 1. The van der Waals surface area contributed by atoms with Crippen LogP contribution in [0.3, 0.4) is 0 Å². The van der Waals surface area contributed by atoms with Gasteiger partial charge >= 0.3 is 12.1 Å². The highest BCUT2D eigenvalue weighted by Crippen LogP contribution is 2.37. The van der Waals surface area contributed by atoms with Gasteiger partial charge in [0.25, 0.3) is 5.56 Å². The molecule has 4 rings (SSSR count). The van der Waals surface area contributed by atoms with E-state index in [1.807, 2.05) is 11.0 Å². The Bertz CT molecular complexity index is 1180. The molecule has 1 saturated carbocycles. The Morgan fingerprint density at radius 2 is 1.94 bits per heavy atom. The van der Waals surface area contributed by atoms with Gasteiger partial charge in [0.1, 0.15) is 17.7 Å². The molecule has 3 heterocycles. The van der Waals surface area contributed by atoms with Crippen LogP contribution in [0.25, 0.3) is 0 Å². The molecule has 12 heteroatoms. The summed E-state index contributed by atoms with van der Waals surface area (Å²) in [7, 11) is 0. The van der Waals surface area contributed by atoms with E-state index in [1.54, 1.807) is 4.90 Å². The molecule has 0 aromatic carbocycles. The van der Waals surface area contributed by atoms with E-state index >= 15 is 0 Å². The first kappa shape index (κ1) is 23.7. The standard InChI is InChI=1S/C22H23F3N6O3/c1-2-34-21(33)16-9-14(11-26)20(29-18(16)22(23,24)25)31-7-5-30(6-8-31)12-15-10-17(32)28-19(27-15)13-3-4-13/h9-10,13H,2-8,12H2,1H3,(H,27,28,32). The van der Waals surface area contributed by atoms with E-state index in [2.05, 4.69) is 15.0 Å². The monoisotopic (exact) mass is 476 g/mol. The zero-order chi connectivity index (χ0) is 24.5. The number of alkyl halides is 3. The van der Waals surface area contributed by atoms with Crippen LogP contribution >= 0.6 is 0 Å². The highest BCUT2D eigenvalue weighted by atomic mass is 19.4. The third kappa shape index (κ3) is 5.20. The summed E-state index contributed by atoms with van der Waals surface area (Å²) in [6.45, 7) is 3.39. The molecule has 2 aliphatic rings. The van der Waals surface area contributed by atoms with Gasteiger partial charge in [-0.05, 0) is 25.8 Å². The summed E-state index contributed by atoms with van der Waals surface area (Å²) < 4.78 is 45.7. The van der Waals surface area contributed by atoms with E-state index in [-0.39, 0.29) is 23.5 Å². The van der Waals surface area contributed by atoms with Crippen LogP contribution in [0.15, 0.2) is 16.9 Å². The maximum absolute atomic E-state index is 13.6. The summed E-state index contributed by atoms with van der Waals surface area (Å²) in [6, 6.07) is 4.20. The number of aromatic amines is 1. The minimum atomic E-state index is -4.89. The highest BCUT2D eigenvalue weighted by Gasteiger charge is 2.39. The van der Waals surface area contributed by atoms with Gasteiger partial charge in [-0.3, -0.25) is 9.69 Å². The summed E-state index contributed by atoms with van der Waals surface area (Å²) >= 11 is 0. The van der Waals surface area contributed by atoms with Gasteiger partial charge in [-0.25, -0.2) is 14.8 Å². The molecule has 0 atom stereocenters. The second-order valence-corrected chi connectivity index (χ2v) is 8.25. The van der Waals surface area contributed by atoms with Crippen LogP contribution in [0.1, 0.15) is 58.8 Å². The number of carbonyl (C=O) groups excluding carboxylic acids is 1. The Morgan fingerprint density at radius 1 is 1.24 bits per heavy atom. The number of hydrogen-bond acceptors (Lipinski definition) is 8. The first-order valence-electron chi connectivity index (χ1n) is 11.0. The Labute approximate surface area is 193 Å². The molecule has 2 fully saturated rings. The van der Waals surface area contributed by atoms with Gasteiger partial charge in [0.2, 0.25) is 0 Å². The smallest absolute Gasteiger partial charge is 0.434 e. The van der Waals surface area contributed by atoms with Crippen molar-refractivity contribution >= 4 is 11.8 Å². The number of esters is 1. The molecule has 180 valence electrons. The molecule has 0 spiro atoms. The first-order valence-corrected chi connectivity index (χ1v) is 11.0. The largest absolute Gasteiger partial charge is 0.462 e. The van der Waals surface area contributed by atoms with Crippen LogP contribution in [0, 0.1) is 11.3 Å². The van der Waals surface area contributed by atoms with Crippen molar-refractivity contribution < 1.29 is 22.7 Å². The van der Waals surface area contributed by atoms with Gasteiger partial charge in [0.15, 0.2) is 5.69 Å².